The number of carboxylic acids is 1. The lowest BCUT2D eigenvalue weighted by molar-refractivity contribution is -0.538. The van der Waals surface area contributed by atoms with Gasteiger partial charge in [-0.05, 0) is 5.56 Å². The van der Waals surface area contributed by atoms with Crippen LogP contribution in [0.5, 0.6) is 0 Å². The minimum atomic E-state index is -1.95. The molecule has 23 heavy (non-hydrogen) atoms. The number of aliphatic carboxylic acids is 1. The van der Waals surface area contributed by atoms with Crippen LogP contribution in [0.1, 0.15) is 5.56 Å². The number of nitrogens with two attached hydrogens (primary N) is 1. The van der Waals surface area contributed by atoms with Crippen LogP contribution in [0.3, 0.4) is 0 Å². The van der Waals surface area contributed by atoms with Crippen LogP contribution in [0.2, 0.25) is 0 Å². The Labute approximate surface area is 146 Å². The number of benzene rings is 1. The summed E-state index contributed by atoms with van der Waals surface area (Å²) in [6.07, 6.45) is -1.90. The van der Waals surface area contributed by atoms with Gasteiger partial charge in [-0.3, -0.25) is 19.7 Å². The van der Waals surface area contributed by atoms with E-state index in [9.17, 15) is 29.9 Å². The fourth-order valence-electron chi connectivity index (χ4n) is 2.18. The van der Waals surface area contributed by atoms with Gasteiger partial charge in [0.05, 0.1) is 3.92 Å². The normalized spacial score (nSPS) is 16.1. The van der Waals surface area contributed by atoms with Crippen molar-refractivity contribution in [1.29, 1.82) is 0 Å². The van der Waals surface area contributed by atoms with E-state index in [4.69, 9.17) is 5.73 Å². The molecular weight excluding hydrogens is 419 g/mol. The second-order valence-electron chi connectivity index (χ2n) is 4.96. The van der Waals surface area contributed by atoms with Crippen molar-refractivity contribution >= 4 is 34.3 Å². The minimum Gasteiger partial charge on any atom is -0.481 e. The molecule has 9 heteroatoms. The van der Waals surface area contributed by atoms with Crippen LogP contribution >= 0.6 is 22.6 Å². The van der Waals surface area contributed by atoms with E-state index >= 15 is 0 Å². The molecule has 1 aromatic rings. The van der Waals surface area contributed by atoms with E-state index in [0.717, 1.165) is 0 Å². The number of nitro groups is 1. The first kappa shape index (κ1) is 19.5. The van der Waals surface area contributed by atoms with Crippen molar-refractivity contribution in [2.75, 3.05) is 6.54 Å². The zero-order valence-corrected chi connectivity index (χ0v) is 14.2. The van der Waals surface area contributed by atoms with Crippen molar-refractivity contribution in [2.24, 2.45) is 11.7 Å². The number of rotatable bonds is 9. The molecule has 0 saturated carbocycles. The van der Waals surface area contributed by atoms with Gasteiger partial charge in [0.2, 0.25) is 0 Å². The second kappa shape index (κ2) is 8.89. The van der Waals surface area contributed by atoms with E-state index in [1.165, 1.54) is 0 Å². The highest BCUT2D eigenvalue weighted by Crippen LogP contribution is 2.21. The van der Waals surface area contributed by atoms with Crippen molar-refractivity contribution in [3.8, 4) is 0 Å². The number of aliphatic hydroxyl groups excluding tert-OH is 1. The Morgan fingerprint density at radius 1 is 1.30 bits per heavy atom. The molecule has 0 heterocycles. The van der Waals surface area contributed by atoms with Crippen LogP contribution in [-0.4, -0.2) is 49.5 Å². The van der Waals surface area contributed by atoms with Crippen LogP contribution < -0.4 is 5.73 Å². The van der Waals surface area contributed by atoms with Crippen molar-refractivity contribution in [2.45, 2.75) is 22.5 Å². The summed E-state index contributed by atoms with van der Waals surface area (Å²) in [7, 11) is 0. The van der Waals surface area contributed by atoms with Gasteiger partial charge in [-0.2, -0.15) is 0 Å². The average Bonchev–Trinajstić information content (AvgIpc) is 2.51. The van der Waals surface area contributed by atoms with E-state index in [0.29, 0.717) is 5.56 Å². The molecule has 1 aromatic carbocycles. The summed E-state index contributed by atoms with van der Waals surface area (Å²) >= 11 is 1.70. The van der Waals surface area contributed by atoms with Crippen LogP contribution in [0.15, 0.2) is 30.3 Å². The number of halogens is 1. The van der Waals surface area contributed by atoms with Gasteiger partial charge in [-0.25, -0.2) is 0 Å². The highest BCUT2D eigenvalue weighted by molar-refractivity contribution is 14.1. The van der Waals surface area contributed by atoms with E-state index in [1.807, 2.05) is 0 Å². The van der Waals surface area contributed by atoms with Crippen molar-refractivity contribution in [3.05, 3.63) is 46.0 Å². The second-order valence-corrected chi connectivity index (χ2v) is 6.56. The maximum atomic E-state index is 12.3. The molecule has 0 fully saturated rings. The SMILES string of the molecule is NCC(I)C(O)C(C(C(=O)O)C(=O)Cc1ccccc1)[N+](=O)[O-]. The van der Waals surface area contributed by atoms with E-state index < -0.39 is 38.7 Å². The van der Waals surface area contributed by atoms with Crippen LogP contribution in [0.25, 0.3) is 0 Å². The topological polar surface area (TPSA) is 144 Å². The molecule has 4 atom stereocenters. The number of ketones is 1. The van der Waals surface area contributed by atoms with Crippen molar-refractivity contribution in [1.82, 2.24) is 0 Å². The molecule has 4 unspecified atom stereocenters. The van der Waals surface area contributed by atoms with Gasteiger partial charge < -0.3 is 15.9 Å². The third-order valence-electron chi connectivity index (χ3n) is 3.36. The van der Waals surface area contributed by atoms with Crippen molar-refractivity contribution in [3.63, 3.8) is 0 Å². The largest absolute Gasteiger partial charge is 0.481 e. The Balaban J connectivity index is 3.08. The Bertz CT molecular complexity index is 568. The first-order chi connectivity index (χ1) is 10.8. The predicted octanol–water partition coefficient (Wildman–Crippen LogP) is 0.268. The highest BCUT2D eigenvalue weighted by Gasteiger charge is 2.48. The number of nitrogens with zero attached hydrogens (tertiary/aromatic N) is 1. The average molecular weight is 436 g/mol. The highest BCUT2D eigenvalue weighted by atomic mass is 127. The summed E-state index contributed by atoms with van der Waals surface area (Å²) in [6.45, 7) is -0.0781. The molecule has 0 aromatic heterocycles. The van der Waals surface area contributed by atoms with Gasteiger partial charge >= 0.3 is 5.97 Å². The number of Topliss-reactive ketones (excluding diaryl/α,β-unsaturated/α-hetero) is 1. The number of hydrogen-bond donors (Lipinski definition) is 3. The molecule has 0 aliphatic carbocycles. The maximum absolute atomic E-state index is 12.3. The molecule has 8 nitrogen and oxygen atoms in total. The third-order valence-corrected chi connectivity index (χ3v) is 4.61. The molecular formula is C14H17IN2O6. The van der Waals surface area contributed by atoms with Gasteiger partial charge in [0.25, 0.3) is 6.04 Å². The molecule has 0 radical (unpaired) electrons. The van der Waals surface area contributed by atoms with E-state index in [1.54, 1.807) is 52.9 Å². The number of alkyl halides is 1. The molecule has 1 rings (SSSR count). The summed E-state index contributed by atoms with van der Waals surface area (Å²) in [4.78, 5) is 34.0. The fraction of sp³-hybridized carbons (Fsp3) is 0.429. The fourth-order valence-corrected chi connectivity index (χ4v) is 2.60. The van der Waals surface area contributed by atoms with Gasteiger partial charge in [-0.15, -0.1) is 0 Å². The summed E-state index contributed by atoms with van der Waals surface area (Å²) < 4.78 is -0.741. The molecule has 0 aliphatic heterocycles. The molecule has 4 N–H and O–H groups in total. The Hall–Kier alpha value is -1.59. The third kappa shape index (κ3) is 5.22. The number of carbonyl (C=O) groups is 2. The Morgan fingerprint density at radius 2 is 1.87 bits per heavy atom. The van der Waals surface area contributed by atoms with E-state index in [-0.39, 0.29) is 13.0 Å². The zero-order chi connectivity index (χ0) is 17.6. The lowest BCUT2D eigenvalue weighted by Gasteiger charge is -2.23. The molecule has 0 saturated heterocycles. The molecule has 0 aliphatic rings. The quantitative estimate of drug-likeness (QED) is 0.166. The zero-order valence-electron chi connectivity index (χ0n) is 12.0. The number of carboxylic acid groups (broad SMARTS) is 1. The van der Waals surface area contributed by atoms with E-state index in [2.05, 4.69) is 0 Å². The summed E-state index contributed by atoms with van der Waals surface area (Å²) in [6, 6.07) is 6.37. The monoisotopic (exact) mass is 436 g/mol. The van der Waals surface area contributed by atoms with Crippen LogP contribution in [0, 0.1) is 16.0 Å². The number of aliphatic hydroxyl groups is 1. The lowest BCUT2D eigenvalue weighted by Crippen LogP contribution is -2.52. The Kier molecular flexibility index (Phi) is 7.52. The van der Waals surface area contributed by atoms with Crippen LogP contribution in [0.4, 0.5) is 0 Å². The smallest absolute Gasteiger partial charge is 0.321 e. The number of carbonyl (C=O) groups excluding carboxylic acids is 1. The Morgan fingerprint density at radius 3 is 2.30 bits per heavy atom. The summed E-state index contributed by atoms with van der Waals surface area (Å²) in [5, 5.41) is 30.6. The standard InChI is InChI=1S/C14H17IN2O6/c15-9(7-16)13(19)12(17(22)23)11(14(20)21)10(18)6-8-4-2-1-3-5-8/h1-5,9,11-13,19H,6-7,16H2,(H,20,21). The number of hydrogen-bond acceptors (Lipinski definition) is 6. The first-order valence-corrected chi connectivity index (χ1v) is 7.99. The van der Waals surface area contributed by atoms with Gasteiger partial charge in [-0.1, -0.05) is 52.9 Å². The van der Waals surface area contributed by atoms with Gasteiger partial charge in [0.1, 0.15) is 6.10 Å². The lowest BCUT2D eigenvalue weighted by atomic mass is 9.87. The van der Waals surface area contributed by atoms with Crippen molar-refractivity contribution < 1.29 is 24.7 Å². The summed E-state index contributed by atoms with van der Waals surface area (Å²) in [5.74, 6) is -4.40. The molecule has 0 bridgehead atoms. The molecule has 126 valence electrons. The predicted molar refractivity (Wildman–Crippen MR) is 89.9 cm³/mol. The molecule has 0 amide bonds. The van der Waals surface area contributed by atoms with Gasteiger partial charge in [0, 0.05) is 17.9 Å². The first-order valence-electron chi connectivity index (χ1n) is 6.74. The maximum Gasteiger partial charge on any atom is 0.321 e. The van der Waals surface area contributed by atoms with Gasteiger partial charge in [0.15, 0.2) is 11.7 Å². The minimum absolute atomic E-state index is 0.0781. The molecule has 0 spiro atoms. The van der Waals surface area contributed by atoms with Crippen LogP contribution in [-0.2, 0) is 16.0 Å². The summed E-state index contributed by atoms with van der Waals surface area (Å²) in [5.41, 5.74) is 5.91.